The normalized spacial score (nSPS) is 16.9. The Morgan fingerprint density at radius 1 is 0.906 bits per heavy atom. The number of hydrogen-bond acceptors (Lipinski definition) is 6. The number of carbonyl (C=O) groups is 2. The summed E-state index contributed by atoms with van der Waals surface area (Å²) in [4.78, 5) is 42.6. The number of aromatic amines is 1. The first-order valence-corrected chi connectivity index (χ1v) is 18.8. The van der Waals surface area contributed by atoms with Crippen LogP contribution in [-0.2, 0) is 4.79 Å². The van der Waals surface area contributed by atoms with Crippen LogP contribution in [0.2, 0.25) is 10.0 Å². The van der Waals surface area contributed by atoms with Crippen molar-refractivity contribution >= 4 is 57.4 Å². The molecule has 0 radical (unpaired) electrons. The number of amides is 2. The molecule has 0 spiro atoms. The first-order chi connectivity index (χ1) is 25.8. The Morgan fingerprint density at radius 3 is 2.43 bits per heavy atom. The van der Waals surface area contributed by atoms with E-state index in [1.165, 1.54) is 0 Å². The number of imidazole rings is 1. The van der Waals surface area contributed by atoms with Crippen molar-refractivity contribution in [3.05, 3.63) is 119 Å². The molecule has 2 atom stereocenters. The van der Waals surface area contributed by atoms with E-state index in [0.717, 1.165) is 65.6 Å². The van der Waals surface area contributed by atoms with Crippen LogP contribution in [0.4, 0.5) is 11.5 Å². The van der Waals surface area contributed by atoms with Crippen LogP contribution in [0.25, 0.3) is 33.4 Å². The lowest BCUT2D eigenvalue weighted by Crippen LogP contribution is -2.49. The molecule has 4 N–H and O–H groups in total. The number of halogens is 2. The summed E-state index contributed by atoms with van der Waals surface area (Å²) in [6, 6.07) is 26.9. The van der Waals surface area contributed by atoms with Crippen LogP contribution in [0.15, 0.2) is 97.5 Å². The smallest absolute Gasteiger partial charge is 0.272 e. The van der Waals surface area contributed by atoms with Gasteiger partial charge in [0.05, 0.1) is 35.5 Å². The molecule has 2 fully saturated rings. The van der Waals surface area contributed by atoms with Crippen molar-refractivity contribution < 1.29 is 9.59 Å². The van der Waals surface area contributed by atoms with Gasteiger partial charge in [-0.25, -0.2) is 9.97 Å². The predicted molar refractivity (Wildman–Crippen MR) is 212 cm³/mol. The summed E-state index contributed by atoms with van der Waals surface area (Å²) >= 11 is 12.8. The number of nitrogens with zero attached hydrogens (tertiary/aromatic N) is 4. The second-order valence-electron chi connectivity index (χ2n) is 13.8. The van der Waals surface area contributed by atoms with E-state index in [1.807, 2.05) is 91.3 Å². The largest absolute Gasteiger partial charge is 0.355 e. The number of H-pyrrole nitrogens is 1. The average molecular weight is 748 g/mol. The van der Waals surface area contributed by atoms with Crippen molar-refractivity contribution in [3.8, 4) is 22.5 Å². The molecular formula is C41H40Cl2N8O2. The minimum absolute atomic E-state index is 0.0847. The lowest BCUT2D eigenvalue weighted by molar-refractivity contribution is -0.123. The fourth-order valence-corrected chi connectivity index (χ4v) is 7.87. The van der Waals surface area contributed by atoms with E-state index in [1.54, 1.807) is 6.20 Å². The fraction of sp³-hybridized carbons (Fsp3) is 0.268. The molecule has 3 aromatic carbocycles. The van der Waals surface area contributed by atoms with Gasteiger partial charge in [0.1, 0.15) is 5.69 Å². The first-order valence-electron chi connectivity index (χ1n) is 18.1. The molecular weight excluding hydrogens is 707 g/mol. The molecule has 2 aliphatic rings. The molecule has 2 saturated heterocycles. The zero-order chi connectivity index (χ0) is 36.5. The number of hydrogen-bond donors (Lipinski definition) is 4. The second-order valence-corrected chi connectivity index (χ2v) is 14.6. The Morgan fingerprint density at radius 2 is 1.68 bits per heavy atom. The van der Waals surface area contributed by atoms with E-state index in [9.17, 15) is 9.59 Å². The minimum atomic E-state index is -0.321. The average Bonchev–Trinajstić information content (AvgIpc) is 3.95. The molecule has 2 amide bonds. The third-order valence-electron chi connectivity index (χ3n) is 10.4. The van der Waals surface area contributed by atoms with E-state index in [-0.39, 0.29) is 29.9 Å². The maximum Gasteiger partial charge on any atom is 0.272 e. The topological polar surface area (TPSA) is 120 Å². The van der Waals surface area contributed by atoms with Crippen molar-refractivity contribution in [1.82, 2.24) is 30.2 Å². The van der Waals surface area contributed by atoms with Gasteiger partial charge in [0, 0.05) is 57.4 Å². The van der Waals surface area contributed by atoms with Crippen molar-refractivity contribution in [2.75, 3.05) is 29.9 Å². The highest BCUT2D eigenvalue weighted by molar-refractivity contribution is 6.31. The Labute approximate surface area is 317 Å². The van der Waals surface area contributed by atoms with Gasteiger partial charge in [-0.1, -0.05) is 71.7 Å². The Hall–Kier alpha value is -5.16. The van der Waals surface area contributed by atoms with Crippen molar-refractivity contribution in [2.45, 2.75) is 50.7 Å². The fourth-order valence-electron chi connectivity index (χ4n) is 7.57. The second kappa shape index (κ2) is 15.1. The van der Waals surface area contributed by atoms with Gasteiger partial charge in [-0.2, -0.15) is 0 Å². The molecule has 3 aromatic heterocycles. The molecule has 10 nitrogen and oxygen atoms in total. The number of nitrogens with one attached hydrogen (secondary N) is 4. The number of benzene rings is 3. The SMILES string of the molecule is C[C@@H](c1ccc(Cl)cc1)n1cnc(-c2ccccc2)c1-c1c(C(=O)Nc2cccnc2N2CCC(NC(=O)[C@H]3CCCN3)CC2)[nH]c2cc(Cl)ccc12. The quantitative estimate of drug-likeness (QED) is 0.119. The van der Waals surface area contributed by atoms with Crippen LogP contribution in [0.1, 0.15) is 54.7 Å². The first kappa shape index (κ1) is 34.9. The molecule has 8 rings (SSSR count). The maximum absolute atomic E-state index is 14.6. The number of carbonyl (C=O) groups excluding carboxylic acids is 2. The molecule has 12 heteroatoms. The van der Waals surface area contributed by atoms with Gasteiger partial charge in [0.25, 0.3) is 5.91 Å². The summed E-state index contributed by atoms with van der Waals surface area (Å²) in [6.07, 6.45) is 7.05. The highest BCUT2D eigenvalue weighted by Gasteiger charge is 2.30. The molecule has 0 aliphatic carbocycles. The van der Waals surface area contributed by atoms with Crippen molar-refractivity contribution in [2.24, 2.45) is 0 Å². The molecule has 5 heterocycles. The van der Waals surface area contributed by atoms with E-state index in [4.69, 9.17) is 33.2 Å². The van der Waals surface area contributed by atoms with E-state index in [0.29, 0.717) is 45.9 Å². The number of pyridine rings is 1. The zero-order valence-corrected chi connectivity index (χ0v) is 30.8. The highest BCUT2D eigenvalue weighted by Crippen LogP contribution is 2.42. The summed E-state index contributed by atoms with van der Waals surface area (Å²) in [6.45, 7) is 4.39. The number of aromatic nitrogens is 4. The summed E-state index contributed by atoms with van der Waals surface area (Å²) in [5.74, 6) is 0.454. The lowest BCUT2D eigenvalue weighted by atomic mass is 9.99. The van der Waals surface area contributed by atoms with Crippen LogP contribution in [0, 0.1) is 0 Å². The van der Waals surface area contributed by atoms with Gasteiger partial charge >= 0.3 is 0 Å². The van der Waals surface area contributed by atoms with Gasteiger partial charge in [-0.15, -0.1) is 0 Å². The summed E-state index contributed by atoms with van der Waals surface area (Å²) < 4.78 is 2.11. The molecule has 0 bridgehead atoms. The number of fused-ring (bicyclic) bond motifs is 1. The Balaban J connectivity index is 1.14. The van der Waals surface area contributed by atoms with Gasteiger partial charge in [0.15, 0.2) is 5.82 Å². The Bertz CT molecular complexity index is 2260. The third-order valence-corrected chi connectivity index (χ3v) is 10.9. The molecule has 53 heavy (non-hydrogen) atoms. The Kier molecular flexibility index (Phi) is 9.92. The molecule has 2 aliphatic heterocycles. The van der Waals surface area contributed by atoms with Crippen LogP contribution in [-0.4, -0.2) is 63.1 Å². The molecule has 0 unspecified atom stereocenters. The van der Waals surface area contributed by atoms with Gasteiger partial charge in [-0.3, -0.25) is 9.59 Å². The minimum Gasteiger partial charge on any atom is -0.355 e. The van der Waals surface area contributed by atoms with E-state index in [2.05, 4.69) is 37.3 Å². The van der Waals surface area contributed by atoms with Crippen molar-refractivity contribution in [3.63, 3.8) is 0 Å². The van der Waals surface area contributed by atoms with Crippen LogP contribution < -0.4 is 20.9 Å². The van der Waals surface area contributed by atoms with E-state index < -0.39 is 0 Å². The van der Waals surface area contributed by atoms with Crippen LogP contribution in [0.5, 0.6) is 0 Å². The van der Waals surface area contributed by atoms with Crippen LogP contribution in [0.3, 0.4) is 0 Å². The highest BCUT2D eigenvalue weighted by atomic mass is 35.5. The maximum atomic E-state index is 14.6. The van der Waals surface area contributed by atoms with Gasteiger partial charge in [0.2, 0.25) is 5.91 Å². The molecule has 0 saturated carbocycles. The van der Waals surface area contributed by atoms with Gasteiger partial charge < -0.3 is 30.4 Å². The monoisotopic (exact) mass is 746 g/mol. The molecule has 6 aromatic rings. The number of rotatable bonds is 9. The zero-order valence-electron chi connectivity index (χ0n) is 29.3. The third kappa shape index (κ3) is 7.14. The predicted octanol–water partition coefficient (Wildman–Crippen LogP) is 8.10. The van der Waals surface area contributed by atoms with Gasteiger partial charge in [-0.05, 0) is 81.1 Å². The lowest BCUT2D eigenvalue weighted by Gasteiger charge is -2.34. The number of piperidine rings is 1. The van der Waals surface area contributed by atoms with Crippen molar-refractivity contribution in [1.29, 1.82) is 0 Å². The summed E-state index contributed by atoms with van der Waals surface area (Å²) in [7, 11) is 0. The van der Waals surface area contributed by atoms with Crippen LogP contribution >= 0.6 is 23.2 Å². The summed E-state index contributed by atoms with van der Waals surface area (Å²) in [5, 5.41) is 11.8. The number of anilines is 2. The standard InChI is InChI=1S/C41H40Cl2N8O2/c1-25(26-11-13-28(42)14-12-26)51-24-46-36(27-7-3-2-4-8-27)38(51)35-31-16-15-29(43)23-34(31)48-37(35)41(53)49-32-9-5-20-45-39(32)50-21-17-30(18-22-50)47-40(52)33-10-6-19-44-33/h2-5,7-9,11-16,20,23-25,30,33,44,48H,6,10,17-19,21-22H2,1H3,(H,47,52)(H,49,53)/t25-,33+/m0/s1. The summed E-state index contributed by atoms with van der Waals surface area (Å²) in [5.41, 5.74) is 5.92. The molecule has 270 valence electrons. The van der Waals surface area contributed by atoms with E-state index >= 15 is 0 Å².